The summed E-state index contributed by atoms with van der Waals surface area (Å²) in [6, 6.07) is 25.7. The number of hydrogen-bond donors (Lipinski definition) is 0. The molecule has 0 spiro atoms. The minimum absolute atomic E-state index is 0.0233. The second kappa shape index (κ2) is 9.24. The normalized spacial score (nSPS) is 11.7. The Labute approximate surface area is 198 Å². The molecule has 0 aliphatic carbocycles. The SMILES string of the molecule is Cc1cc(OC(=O)c2ccccc2)c(S(=O)(=O)c2ccccc2)cc1S(=O)(=O)c1ccccc1. The summed E-state index contributed by atoms with van der Waals surface area (Å²) >= 11 is 0. The lowest BCUT2D eigenvalue weighted by molar-refractivity contribution is 0.0730. The third kappa shape index (κ3) is 4.50. The predicted octanol–water partition coefficient (Wildman–Crippen LogP) is 4.88. The first-order chi connectivity index (χ1) is 16.2. The van der Waals surface area contributed by atoms with E-state index in [9.17, 15) is 21.6 Å². The molecule has 0 saturated heterocycles. The number of sulfone groups is 2. The van der Waals surface area contributed by atoms with Gasteiger partial charge in [0.05, 0.1) is 20.2 Å². The minimum Gasteiger partial charge on any atom is -0.422 e. The minimum atomic E-state index is -4.22. The quantitative estimate of drug-likeness (QED) is 0.281. The maximum Gasteiger partial charge on any atom is 0.343 e. The zero-order chi connectivity index (χ0) is 24.3. The third-order valence-corrected chi connectivity index (χ3v) is 8.84. The lowest BCUT2D eigenvalue weighted by atomic mass is 10.2. The van der Waals surface area contributed by atoms with Crippen LogP contribution in [0.15, 0.2) is 123 Å². The van der Waals surface area contributed by atoms with E-state index in [-0.39, 0.29) is 31.6 Å². The van der Waals surface area contributed by atoms with E-state index < -0.39 is 30.5 Å². The Morgan fingerprint density at radius 2 is 1.06 bits per heavy atom. The molecular formula is C26H20O6S2. The molecular weight excluding hydrogens is 472 g/mol. The van der Waals surface area contributed by atoms with Crippen LogP contribution < -0.4 is 4.74 Å². The predicted molar refractivity (Wildman–Crippen MR) is 126 cm³/mol. The number of aryl methyl sites for hydroxylation is 1. The van der Waals surface area contributed by atoms with E-state index in [0.29, 0.717) is 0 Å². The molecule has 0 aliphatic rings. The van der Waals surface area contributed by atoms with Crippen LogP contribution in [0.1, 0.15) is 15.9 Å². The van der Waals surface area contributed by atoms with Gasteiger partial charge in [-0.3, -0.25) is 0 Å². The Morgan fingerprint density at radius 1 is 0.618 bits per heavy atom. The van der Waals surface area contributed by atoms with Crippen LogP contribution in [0.25, 0.3) is 0 Å². The van der Waals surface area contributed by atoms with Crippen molar-refractivity contribution in [2.75, 3.05) is 0 Å². The topological polar surface area (TPSA) is 94.6 Å². The summed E-state index contributed by atoms with van der Waals surface area (Å²) in [4.78, 5) is 12.1. The van der Waals surface area contributed by atoms with Crippen molar-refractivity contribution < 1.29 is 26.4 Å². The van der Waals surface area contributed by atoms with Crippen LogP contribution >= 0.6 is 0 Å². The second-order valence-electron chi connectivity index (χ2n) is 7.45. The van der Waals surface area contributed by atoms with Gasteiger partial charge < -0.3 is 4.74 Å². The Hall–Kier alpha value is -3.75. The largest absolute Gasteiger partial charge is 0.422 e. The molecule has 0 heterocycles. The number of ether oxygens (including phenoxy) is 1. The third-order valence-electron chi connectivity index (χ3n) is 5.14. The molecule has 0 radical (unpaired) electrons. The molecule has 4 aromatic carbocycles. The van der Waals surface area contributed by atoms with Gasteiger partial charge in [-0.05, 0) is 61.0 Å². The van der Waals surface area contributed by atoms with E-state index >= 15 is 0 Å². The van der Waals surface area contributed by atoms with E-state index in [4.69, 9.17) is 4.74 Å². The molecule has 0 atom stereocenters. The monoisotopic (exact) mass is 492 g/mol. The van der Waals surface area contributed by atoms with Crippen LogP contribution in [0.5, 0.6) is 5.75 Å². The highest BCUT2D eigenvalue weighted by atomic mass is 32.2. The molecule has 0 amide bonds. The Morgan fingerprint density at radius 3 is 1.56 bits per heavy atom. The number of rotatable bonds is 6. The molecule has 34 heavy (non-hydrogen) atoms. The molecule has 0 bridgehead atoms. The summed E-state index contributed by atoms with van der Waals surface area (Å²) in [7, 11) is -8.26. The zero-order valence-corrected chi connectivity index (χ0v) is 19.7. The fourth-order valence-corrected chi connectivity index (χ4v) is 6.42. The van der Waals surface area contributed by atoms with Crippen molar-refractivity contribution in [1.29, 1.82) is 0 Å². The van der Waals surface area contributed by atoms with Crippen LogP contribution in [0.2, 0.25) is 0 Å². The van der Waals surface area contributed by atoms with Gasteiger partial charge >= 0.3 is 5.97 Å². The van der Waals surface area contributed by atoms with Crippen LogP contribution in [0, 0.1) is 6.92 Å². The van der Waals surface area contributed by atoms with Gasteiger partial charge in [-0.25, -0.2) is 21.6 Å². The zero-order valence-electron chi connectivity index (χ0n) is 18.1. The number of esters is 1. The van der Waals surface area contributed by atoms with Gasteiger partial charge in [-0.1, -0.05) is 54.6 Å². The highest BCUT2D eigenvalue weighted by molar-refractivity contribution is 7.92. The Bertz CT molecular complexity index is 1550. The van der Waals surface area contributed by atoms with E-state index in [0.717, 1.165) is 6.07 Å². The van der Waals surface area contributed by atoms with E-state index in [1.165, 1.54) is 49.4 Å². The Balaban J connectivity index is 1.92. The summed E-state index contributed by atoms with van der Waals surface area (Å²) in [6.45, 7) is 1.52. The molecule has 0 fully saturated rings. The maximum absolute atomic E-state index is 13.5. The average Bonchev–Trinajstić information content (AvgIpc) is 2.85. The van der Waals surface area contributed by atoms with Crippen LogP contribution in [0.4, 0.5) is 0 Å². The maximum atomic E-state index is 13.5. The standard InChI is InChI=1S/C26H20O6S2/c1-19-17-23(32-26(27)20-11-5-2-6-12-20)25(34(30,31)22-15-9-4-10-16-22)18-24(19)33(28,29)21-13-7-3-8-14-21/h2-18H,1H3. The molecule has 4 rings (SSSR count). The summed E-state index contributed by atoms with van der Waals surface area (Å²) in [5.41, 5.74) is 0.468. The molecule has 4 aromatic rings. The molecule has 0 aromatic heterocycles. The molecule has 6 nitrogen and oxygen atoms in total. The number of carbonyl (C=O) groups is 1. The van der Waals surface area contributed by atoms with Crippen molar-refractivity contribution in [3.8, 4) is 5.75 Å². The van der Waals surface area contributed by atoms with Gasteiger partial charge in [0.15, 0.2) is 5.75 Å². The van der Waals surface area contributed by atoms with Crippen molar-refractivity contribution >= 4 is 25.6 Å². The number of carbonyl (C=O) groups excluding carboxylic acids is 1. The van der Waals surface area contributed by atoms with Crippen molar-refractivity contribution in [3.63, 3.8) is 0 Å². The van der Waals surface area contributed by atoms with Crippen LogP contribution in [0.3, 0.4) is 0 Å². The fraction of sp³-hybridized carbons (Fsp3) is 0.0385. The van der Waals surface area contributed by atoms with E-state index in [1.54, 1.807) is 54.6 Å². The van der Waals surface area contributed by atoms with Gasteiger partial charge in [-0.2, -0.15) is 0 Å². The molecule has 0 unspecified atom stereocenters. The average molecular weight is 493 g/mol. The number of hydrogen-bond acceptors (Lipinski definition) is 6. The summed E-state index contributed by atoms with van der Waals surface area (Å²) < 4.78 is 59.2. The van der Waals surface area contributed by atoms with Gasteiger partial charge in [0.2, 0.25) is 19.7 Å². The molecule has 172 valence electrons. The lowest BCUT2D eigenvalue weighted by Crippen LogP contribution is -2.14. The smallest absolute Gasteiger partial charge is 0.343 e. The fourth-order valence-electron chi connectivity index (χ4n) is 3.41. The first-order valence-corrected chi connectivity index (χ1v) is 13.2. The van der Waals surface area contributed by atoms with Crippen LogP contribution in [-0.2, 0) is 19.7 Å². The summed E-state index contributed by atoms with van der Waals surface area (Å²) in [5.74, 6) is -1.01. The molecule has 0 N–H and O–H groups in total. The van der Waals surface area contributed by atoms with Gasteiger partial charge in [0.1, 0.15) is 4.90 Å². The van der Waals surface area contributed by atoms with Crippen LogP contribution in [-0.4, -0.2) is 22.8 Å². The van der Waals surface area contributed by atoms with Crippen molar-refractivity contribution in [2.45, 2.75) is 26.5 Å². The molecule has 8 heteroatoms. The first-order valence-electron chi connectivity index (χ1n) is 10.2. The molecule has 0 aliphatic heterocycles. The highest BCUT2D eigenvalue weighted by Gasteiger charge is 2.29. The highest BCUT2D eigenvalue weighted by Crippen LogP contribution is 2.36. The van der Waals surface area contributed by atoms with E-state index in [1.807, 2.05) is 0 Å². The lowest BCUT2D eigenvalue weighted by Gasteiger charge is -2.16. The van der Waals surface area contributed by atoms with E-state index in [2.05, 4.69) is 0 Å². The van der Waals surface area contributed by atoms with Crippen molar-refractivity contribution in [2.24, 2.45) is 0 Å². The second-order valence-corrected chi connectivity index (χ2v) is 11.3. The van der Waals surface area contributed by atoms with Gasteiger partial charge in [0.25, 0.3) is 0 Å². The Kier molecular flexibility index (Phi) is 6.37. The summed E-state index contributed by atoms with van der Waals surface area (Å²) in [5, 5.41) is 0. The van der Waals surface area contributed by atoms with Gasteiger partial charge in [0, 0.05) is 0 Å². The van der Waals surface area contributed by atoms with Crippen molar-refractivity contribution in [1.82, 2.24) is 0 Å². The van der Waals surface area contributed by atoms with Gasteiger partial charge in [-0.15, -0.1) is 0 Å². The van der Waals surface area contributed by atoms with Crippen molar-refractivity contribution in [3.05, 3.63) is 114 Å². The molecule has 0 saturated carbocycles. The summed E-state index contributed by atoms with van der Waals surface area (Å²) in [6.07, 6.45) is 0. The number of benzene rings is 4. The first kappa shape index (κ1) is 23.4.